The highest BCUT2D eigenvalue weighted by Gasteiger charge is 2.20. The molecule has 1 aliphatic carbocycles. The summed E-state index contributed by atoms with van der Waals surface area (Å²) in [4.78, 5) is 0. The van der Waals surface area contributed by atoms with Crippen LogP contribution in [0.1, 0.15) is 30.1 Å². The molecule has 0 radical (unpaired) electrons. The standard InChI is InChI=1S/C13H17N3O/c1-10-6-7-16(15-10)9-13-5-4-12(17-13)8-14-11-2-3-11/h4-7,11,14H,2-3,8-9H2,1H3. The minimum absolute atomic E-state index is 0.706. The van der Waals surface area contributed by atoms with E-state index in [1.165, 1.54) is 12.8 Å². The highest BCUT2D eigenvalue weighted by Crippen LogP contribution is 2.19. The van der Waals surface area contributed by atoms with E-state index in [1.54, 1.807) is 0 Å². The quantitative estimate of drug-likeness (QED) is 0.856. The van der Waals surface area contributed by atoms with Crippen LogP contribution >= 0.6 is 0 Å². The Labute approximate surface area is 101 Å². The molecule has 0 aromatic carbocycles. The van der Waals surface area contributed by atoms with Gasteiger partial charge in [-0.1, -0.05) is 0 Å². The van der Waals surface area contributed by atoms with Gasteiger partial charge >= 0.3 is 0 Å². The molecule has 3 rings (SSSR count). The maximum absolute atomic E-state index is 5.75. The molecular formula is C13H17N3O. The maximum Gasteiger partial charge on any atom is 0.125 e. The van der Waals surface area contributed by atoms with Crippen molar-refractivity contribution in [2.24, 2.45) is 0 Å². The van der Waals surface area contributed by atoms with Gasteiger partial charge in [0.05, 0.1) is 18.8 Å². The molecule has 0 bridgehead atoms. The molecule has 0 saturated heterocycles. The summed E-state index contributed by atoms with van der Waals surface area (Å²) >= 11 is 0. The number of hydrogen-bond donors (Lipinski definition) is 1. The number of furan rings is 1. The van der Waals surface area contributed by atoms with Crippen LogP contribution < -0.4 is 5.32 Å². The van der Waals surface area contributed by atoms with Gasteiger partial charge in [-0.15, -0.1) is 0 Å². The third-order valence-corrected chi connectivity index (χ3v) is 2.95. The van der Waals surface area contributed by atoms with Crippen LogP contribution in [0.3, 0.4) is 0 Å². The predicted molar refractivity (Wildman–Crippen MR) is 64.6 cm³/mol. The molecule has 1 N–H and O–H groups in total. The van der Waals surface area contributed by atoms with Crippen LogP contribution in [-0.4, -0.2) is 15.8 Å². The monoisotopic (exact) mass is 231 g/mol. The normalized spacial score (nSPS) is 15.4. The molecule has 0 atom stereocenters. The van der Waals surface area contributed by atoms with Crippen LogP contribution in [0.2, 0.25) is 0 Å². The molecule has 0 aliphatic heterocycles. The first-order valence-corrected chi connectivity index (χ1v) is 6.10. The van der Waals surface area contributed by atoms with Crippen LogP contribution in [0.5, 0.6) is 0 Å². The average Bonchev–Trinajstić information content (AvgIpc) is 2.90. The highest BCUT2D eigenvalue weighted by atomic mass is 16.3. The average molecular weight is 231 g/mol. The second-order valence-corrected chi connectivity index (χ2v) is 4.68. The molecule has 17 heavy (non-hydrogen) atoms. The van der Waals surface area contributed by atoms with Gasteiger partial charge in [0.15, 0.2) is 0 Å². The molecule has 0 spiro atoms. The Hall–Kier alpha value is -1.55. The van der Waals surface area contributed by atoms with Crippen LogP contribution in [0.15, 0.2) is 28.8 Å². The zero-order valence-electron chi connectivity index (χ0n) is 10.0. The molecule has 90 valence electrons. The molecule has 2 aromatic heterocycles. The zero-order chi connectivity index (χ0) is 11.7. The summed E-state index contributed by atoms with van der Waals surface area (Å²) in [6.07, 6.45) is 4.58. The Morgan fingerprint density at radius 3 is 2.88 bits per heavy atom. The van der Waals surface area contributed by atoms with Crippen LogP contribution in [0, 0.1) is 6.92 Å². The molecule has 4 heteroatoms. The number of nitrogens with one attached hydrogen (secondary N) is 1. The van der Waals surface area contributed by atoms with Crippen molar-refractivity contribution in [3.05, 3.63) is 41.6 Å². The molecule has 2 aromatic rings. The van der Waals surface area contributed by atoms with E-state index in [0.717, 1.165) is 29.8 Å². The van der Waals surface area contributed by atoms with E-state index in [4.69, 9.17) is 4.42 Å². The molecule has 1 saturated carbocycles. The topological polar surface area (TPSA) is 43.0 Å². The van der Waals surface area contributed by atoms with Gasteiger partial charge in [-0.25, -0.2) is 0 Å². The molecule has 2 heterocycles. The number of aromatic nitrogens is 2. The van der Waals surface area contributed by atoms with Gasteiger partial charge in [-0.05, 0) is 38.0 Å². The maximum atomic E-state index is 5.75. The van der Waals surface area contributed by atoms with Crippen molar-refractivity contribution < 1.29 is 4.42 Å². The molecule has 0 amide bonds. The van der Waals surface area contributed by atoms with Gasteiger partial charge in [-0.3, -0.25) is 4.68 Å². The molecule has 1 fully saturated rings. The van der Waals surface area contributed by atoms with Gasteiger partial charge in [0.2, 0.25) is 0 Å². The Morgan fingerprint density at radius 1 is 1.35 bits per heavy atom. The van der Waals surface area contributed by atoms with Crippen LogP contribution in [-0.2, 0) is 13.1 Å². The molecule has 4 nitrogen and oxygen atoms in total. The Morgan fingerprint density at radius 2 is 2.18 bits per heavy atom. The minimum atomic E-state index is 0.706. The van der Waals surface area contributed by atoms with E-state index in [0.29, 0.717) is 6.54 Å². The first-order valence-electron chi connectivity index (χ1n) is 6.10. The van der Waals surface area contributed by atoms with Crippen LogP contribution in [0.4, 0.5) is 0 Å². The van der Waals surface area contributed by atoms with Crippen molar-refractivity contribution in [1.29, 1.82) is 0 Å². The van der Waals surface area contributed by atoms with Crippen molar-refractivity contribution in [1.82, 2.24) is 15.1 Å². The van der Waals surface area contributed by atoms with Crippen LogP contribution in [0.25, 0.3) is 0 Å². The van der Waals surface area contributed by atoms with Gasteiger partial charge in [0.1, 0.15) is 11.5 Å². The van der Waals surface area contributed by atoms with E-state index in [1.807, 2.05) is 36.0 Å². The molecule has 1 aliphatic rings. The number of hydrogen-bond acceptors (Lipinski definition) is 3. The Kier molecular flexibility index (Phi) is 2.73. The van der Waals surface area contributed by atoms with E-state index in [9.17, 15) is 0 Å². The minimum Gasteiger partial charge on any atom is -0.463 e. The lowest BCUT2D eigenvalue weighted by Crippen LogP contribution is -2.14. The zero-order valence-corrected chi connectivity index (χ0v) is 10.0. The lowest BCUT2D eigenvalue weighted by atomic mass is 10.4. The summed E-state index contributed by atoms with van der Waals surface area (Å²) in [7, 11) is 0. The van der Waals surface area contributed by atoms with Crippen molar-refractivity contribution in [2.45, 2.75) is 38.9 Å². The predicted octanol–water partition coefficient (Wildman–Crippen LogP) is 2.08. The molecular weight excluding hydrogens is 214 g/mol. The molecule has 0 unspecified atom stereocenters. The number of nitrogens with zero attached hydrogens (tertiary/aromatic N) is 2. The second kappa shape index (κ2) is 4.37. The van der Waals surface area contributed by atoms with Crippen molar-refractivity contribution >= 4 is 0 Å². The fourth-order valence-electron chi connectivity index (χ4n) is 1.85. The van der Waals surface area contributed by atoms with Gasteiger partial charge in [0, 0.05) is 12.2 Å². The number of rotatable bonds is 5. The SMILES string of the molecule is Cc1ccn(Cc2ccc(CNC3CC3)o2)n1. The summed E-state index contributed by atoms with van der Waals surface area (Å²) in [5.74, 6) is 1.97. The van der Waals surface area contributed by atoms with E-state index >= 15 is 0 Å². The smallest absolute Gasteiger partial charge is 0.125 e. The third-order valence-electron chi connectivity index (χ3n) is 2.95. The lowest BCUT2D eigenvalue weighted by molar-refractivity contribution is 0.429. The van der Waals surface area contributed by atoms with E-state index < -0.39 is 0 Å². The third kappa shape index (κ3) is 2.77. The summed E-state index contributed by atoms with van der Waals surface area (Å²) in [5, 5.41) is 7.78. The first kappa shape index (κ1) is 10.6. The van der Waals surface area contributed by atoms with E-state index in [-0.39, 0.29) is 0 Å². The Bertz CT molecular complexity index is 496. The highest BCUT2D eigenvalue weighted by molar-refractivity contribution is 5.08. The summed E-state index contributed by atoms with van der Waals surface area (Å²) in [6, 6.07) is 6.79. The van der Waals surface area contributed by atoms with Gasteiger partial charge in [0.25, 0.3) is 0 Å². The summed E-state index contributed by atoms with van der Waals surface area (Å²) in [5.41, 5.74) is 1.03. The second-order valence-electron chi connectivity index (χ2n) is 4.68. The number of aryl methyl sites for hydroxylation is 1. The van der Waals surface area contributed by atoms with Crippen molar-refractivity contribution in [3.8, 4) is 0 Å². The van der Waals surface area contributed by atoms with Crippen molar-refractivity contribution in [2.75, 3.05) is 0 Å². The fourth-order valence-corrected chi connectivity index (χ4v) is 1.85. The first-order chi connectivity index (χ1) is 8.29. The van der Waals surface area contributed by atoms with Gasteiger partial charge in [-0.2, -0.15) is 5.10 Å². The van der Waals surface area contributed by atoms with Gasteiger partial charge < -0.3 is 9.73 Å². The van der Waals surface area contributed by atoms with Crippen molar-refractivity contribution in [3.63, 3.8) is 0 Å². The summed E-state index contributed by atoms with van der Waals surface area (Å²) < 4.78 is 7.65. The lowest BCUT2D eigenvalue weighted by Gasteiger charge is -1.99. The van der Waals surface area contributed by atoms with E-state index in [2.05, 4.69) is 10.4 Å². The fraction of sp³-hybridized carbons (Fsp3) is 0.462. The summed E-state index contributed by atoms with van der Waals surface area (Å²) in [6.45, 7) is 3.53. The Balaban J connectivity index is 1.59. The largest absolute Gasteiger partial charge is 0.463 e.